The van der Waals surface area contributed by atoms with E-state index in [-0.39, 0.29) is 24.2 Å². The molecule has 8 heteroatoms. The zero-order valence-corrected chi connectivity index (χ0v) is 16.3. The van der Waals surface area contributed by atoms with Crippen molar-refractivity contribution in [3.05, 3.63) is 65.3 Å². The molecule has 1 aliphatic heterocycles. The van der Waals surface area contributed by atoms with Crippen molar-refractivity contribution < 1.29 is 18.3 Å². The maximum absolute atomic E-state index is 13.1. The fourth-order valence-electron chi connectivity index (χ4n) is 3.25. The molecule has 3 aromatic rings. The minimum Gasteiger partial charge on any atom is -0.484 e. The van der Waals surface area contributed by atoms with Crippen LogP contribution in [-0.4, -0.2) is 40.7 Å². The van der Waals surface area contributed by atoms with Gasteiger partial charge in [-0.05, 0) is 61.4 Å². The molecule has 0 N–H and O–H groups in total. The topological polar surface area (TPSA) is 68.5 Å². The number of halogens is 2. The average Bonchev–Trinajstić information content (AvgIpc) is 3.24. The quantitative estimate of drug-likeness (QED) is 0.621. The van der Waals surface area contributed by atoms with Crippen LogP contribution < -0.4 is 4.74 Å². The Kier molecular flexibility index (Phi) is 5.76. The van der Waals surface area contributed by atoms with Gasteiger partial charge in [0.1, 0.15) is 11.6 Å². The molecule has 0 bridgehead atoms. The van der Waals surface area contributed by atoms with Gasteiger partial charge in [-0.2, -0.15) is 0 Å². The Balaban J connectivity index is 1.29. The Morgan fingerprint density at radius 3 is 2.48 bits per heavy atom. The van der Waals surface area contributed by atoms with Crippen LogP contribution in [0.1, 0.15) is 24.7 Å². The number of nitrogens with zero attached hydrogens (tertiary/aromatic N) is 3. The van der Waals surface area contributed by atoms with Gasteiger partial charge in [0.15, 0.2) is 6.61 Å². The molecule has 0 spiro atoms. The molecule has 1 aliphatic rings. The maximum atomic E-state index is 13.1. The number of hydrogen-bond donors (Lipinski definition) is 0. The lowest BCUT2D eigenvalue weighted by molar-refractivity contribution is -0.134. The van der Waals surface area contributed by atoms with E-state index in [0.29, 0.717) is 41.2 Å². The van der Waals surface area contributed by atoms with Crippen molar-refractivity contribution in [1.29, 1.82) is 0 Å². The van der Waals surface area contributed by atoms with E-state index in [2.05, 4.69) is 10.2 Å². The Labute approximate surface area is 172 Å². The predicted molar refractivity (Wildman–Crippen MR) is 105 cm³/mol. The van der Waals surface area contributed by atoms with Crippen molar-refractivity contribution in [2.45, 2.75) is 18.8 Å². The van der Waals surface area contributed by atoms with Crippen molar-refractivity contribution >= 4 is 17.5 Å². The third-order valence-electron chi connectivity index (χ3n) is 4.90. The van der Waals surface area contributed by atoms with Gasteiger partial charge in [-0.1, -0.05) is 11.6 Å². The average molecular weight is 416 g/mol. The van der Waals surface area contributed by atoms with E-state index < -0.39 is 0 Å². The van der Waals surface area contributed by atoms with E-state index in [4.69, 9.17) is 20.8 Å². The number of likely N-dealkylation sites (tertiary alicyclic amines) is 1. The Hall–Kier alpha value is -2.93. The van der Waals surface area contributed by atoms with Gasteiger partial charge in [0.25, 0.3) is 5.91 Å². The van der Waals surface area contributed by atoms with Crippen LogP contribution in [0.3, 0.4) is 0 Å². The van der Waals surface area contributed by atoms with Gasteiger partial charge in [0.05, 0.1) is 0 Å². The smallest absolute Gasteiger partial charge is 0.260 e. The number of rotatable bonds is 5. The fraction of sp³-hybridized carbons (Fsp3) is 0.286. The van der Waals surface area contributed by atoms with Crippen LogP contribution in [0, 0.1) is 5.82 Å². The van der Waals surface area contributed by atoms with Crippen LogP contribution in [-0.2, 0) is 4.79 Å². The molecule has 1 saturated heterocycles. The molecule has 1 amide bonds. The molecule has 0 saturated carbocycles. The summed E-state index contributed by atoms with van der Waals surface area (Å²) in [6.45, 7) is 1.19. The van der Waals surface area contributed by atoms with Crippen LogP contribution in [0.5, 0.6) is 5.75 Å². The van der Waals surface area contributed by atoms with Crippen molar-refractivity contribution in [3.8, 4) is 17.2 Å². The summed E-state index contributed by atoms with van der Waals surface area (Å²) in [6, 6.07) is 12.8. The highest BCUT2D eigenvalue weighted by Crippen LogP contribution is 2.29. The van der Waals surface area contributed by atoms with Gasteiger partial charge in [-0.3, -0.25) is 4.79 Å². The molecule has 0 unspecified atom stereocenters. The summed E-state index contributed by atoms with van der Waals surface area (Å²) < 4.78 is 24.4. The largest absolute Gasteiger partial charge is 0.484 e. The molecule has 0 radical (unpaired) electrons. The summed E-state index contributed by atoms with van der Waals surface area (Å²) >= 11 is 5.84. The highest BCUT2D eigenvalue weighted by molar-refractivity contribution is 6.30. The van der Waals surface area contributed by atoms with E-state index >= 15 is 0 Å². The minimum atomic E-state index is -0.314. The molecular formula is C21H19ClFN3O3. The molecule has 1 fully saturated rings. The number of benzene rings is 2. The molecule has 0 aliphatic carbocycles. The Morgan fingerprint density at radius 2 is 1.79 bits per heavy atom. The number of ether oxygens (including phenoxy) is 1. The van der Waals surface area contributed by atoms with E-state index in [1.807, 2.05) is 0 Å². The number of hydrogen-bond acceptors (Lipinski definition) is 5. The van der Waals surface area contributed by atoms with Gasteiger partial charge < -0.3 is 14.1 Å². The van der Waals surface area contributed by atoms with Crippen LogP contribution in [0.25, 0.3) is 11.5 Å². The standard InChI is InChI=1S/C21H19ClFN3O3/c22-16-3-7-18(8-4-16)28-13-19(27)26-11-9-15(10-12-26)21-25-24-20(29-21)14-1-5-17(23)6-2-14/h1-8,15H,9-13H2. The molecule has 150 valence electrons. The highest BCUT2D eigenvalue weighted by Gasteiger charge is 2.27. The van der Waals surface area contributed by atoms with Crippen LogP contribution in [0.15, 0.2) is 52.9 Å². The molecule has 2 aromatic carbocycles. The van der Waals surface area contributed by atoms with E-state index in [9.17, 15) is 9.18 Å². The lowest BCUT2D eigenvalue weighted by atomic mass is 9.97. The third-order valence-corrected chi connectivity index (χ3v) is 5.16. The summed E-state index contributed by atoms with van der Waals surface area (Å²) in [5, 5.41) is 8.83. The van der Waals surface area contributed by atoms with Gasteiger partial charge in [-0.25, -0.2) is 4.39 Å². The number of aromatic nitrogens is 2. The molecular weight excluding hydrogens is 397 g/mol. The van der Waals surface area contributed by atoms with Crippen molar-refractivity contribution in [1.82, 2.24) is 15.1 Å². The van der Waals surface area contributed by atoms with Crippen molar-refractivity contribution in [2.24, 2.45) is 0 Å². The van der Waals surface area contributed by atoms with Gasteiger partial charge in [0, 0.05) is 29.6 Å². The second kappa shape index (κ2) is 8.61. The van der Waals surface area contributed by atoms with Gasteiger partial charge in [0.2, 0.25) is 11.8 Å². The lowest BCUT2D eigenvalue weighted by Crippen LogP contribution is -2.40. The first kappa shape index (κ1) is 19.4. The number of piperidine rings is 1. The Bertz CT molecular complexity index is 968. The minimum absolute atomic E-state index is 0.0123. The predicted octanol–water partition coefficient (Wildman–Crippen LogP) is 4.31. The van der Waals surface area contributed by atoms with E-state index in [1.54, 1.807) is 41.3 Å². The van der Waals surface area contributed by atoms with Crippen molar-refractivity contribution in [2.75, 3.05) is 19.7 Å². The lowest BCUT2D eigenvalue weighted by Gasteiger charge is -2.30. The summed E-state index contributed by atoms with van der Waals surface area (Å²) in [7, 11) is 0. The number of carbonyl (C=O) groups excluding carboxylic acids is 1. The first-order valence-corrected chi connectivity index (χ1v) is 9.72. The summed E-state index contributed by atoms with van der Waals surface area (Å²) in [5.74, 6) is 1.25. The van der Waals surface area contributed by atoms with Crippen LogP contribution in [0.4, 0.5) is 4.39 Å². The van der Waals surface area contributed by atoms with Crippen LogP contribution >= 0.6 is 11.6 Å². The fourth-order valence-corrected chi connectivity index (χ4v) is 3.38. The zero-order chi connectivity index (χ0) is 20.2. The normalized spacial score (nSPS) is 14.8. The molecule has 29 heavy (non-hydrogen) atoms. The molecule has 0 atom stereocenters. The molecule has 1 aromatic heterocycles. The Morgan fingerprint density at radius 1 is 1.10 bits per heavy atom. The number of amides is 1. The van der Waals surface area contributed by atoms with E-state index in [0.717, 1.165) is 12.8 Å². The zero-order valence-electron chi connectivity index (χ0n) is 15.6. The van der Waals surface area contributed by atoms with Gasteiger partial charge in [-0.15, -0.1) is 10.2 Å². The monoisotopic (exact) mass is 415 g/mol. The molecule has 2 heterocycles. The second-order valence-corrected chi connectivity index (χ2v) is 7.29. The maximum Gasteiger partial charge on any atom is 0.260 e. The SMILES string of the molecule is O=C(COc1ccc(Cl)cc1)N1CCC(c2nnc(-c3ccc(F)cc3)o2)CC1. The van der Waals surface area contributed by atoms with E-state index in [1.165, 1.54) is 12.1 Å². The summed E-state index contributed by atoms with van der Waals surface area (Å²) in [4.78, 5) is 14.2. The first-order chi connectivity index (χ1) is 14.1. The van der Waals surface area contributed by atoms with Gasteiger partial charge >= 0.3 is 0 Å². The first-order valence-electron chi connectivity index (χ1n) is 9.34. The summed E-state index contributed by atoms with van der Waals surface area (Å²) in [6.07, 6.45) is 1.47. The summed E-state index contributed by atoms with van der Waals surface area (Å²) in [5.41, 5.74) is 0.678. The van der Waals surface area contributed by atoms with Crippen LogP contribution in [0.2, 0.25) is 5.02 Å². The number of carbonyl (C=O) groups is 1. The molecule has 4 rings (SSSR count). The van der Waals surface area contributed by atoms with Crippen molar-refractivity contribution in [3.63, 3.8) is 0 Å². The third kappa shape index (κ3) is 4.74. The highest BCUT2D eigenvalue weighted by atomic mass is 35.5. The molecule has 6 nitrogen and oxygen atoms in total. The second-order valence-electron chi connectivity index (χ2n) is 6.85.